The van der Waals surface area contributed by atoms with Crippen LogP contribution < -0.4 is 15.5 Å². The average molecular weight is 275 g/mol. The fourth-order valence-electron chi connectivity index (χ4n) is 1.51. The van der Waals surface area contributed by atoms with E-state index in [1.165, 1.54) is 6.21 Å². The molecule has 0 radical (unpaired) electrons. The summed E-state index contributed by atoms with van der Waals surface area (Å²) in [6.07, 6.45) is 3.35. The number of benzene rings is 1. The Balaban J connectivity index is 1.79. The summed E-state index contributed by atoms with van der Waals surface area (Å²) < 4.78 is 5.31. The first-order valence-corrected chi connectivity index (χ1v) is 6.56. The molecule has 0 bridgehead atoms. The molecule has 106 valence electrons. The summed E-state index contributed by atoms with van der Waals surface area (Å²) in [5.74, 6) is -0.618. The van der Waals surface area contributed by atoms with E-state index < -0.39 is 11.8 Å². The number of hydrogen-bond acceptors (Lipinski definition) is 4. The van der Waals surface area contributed by atoms with Crippen molar-refractivity contribution in [2.24, 2.45) is 5.10 Å². The first-order chi connectivity index (χ1) is 9.69. The van der Waals surface area contributed by atoms with Gasteiger partial charge in [0.15, 0.2) is 0 Å². The summed E-state index contributed by atoms with van der Waals surface area (Å²) in [5, 5.41) is 6.32. The van der Waals surface area contributed by atoms with Crippen molar-refractivity contribution >= 4 is 18.0 Å². The lowest BCUT2D eigenvalue weighted by Gasteiger charge is -2.02. The lowest BCUT2D eigenvalue weighted by Crippen LogP contribution is -2.38. The van der Waals surface area contributed by atoms with Gasteiger partial charge >= 0.3 is 11.8 Å². The first kappa shape index (κ1) is 14.0. The van der Waals surface area contributed by atoms with Crippen LogP contribution in [0.15, 0.2) is 29.4 Å². The van der Waals surface area contributed by atoms with Crippen molar-refractivity contribution in [3.8, 4) is 5.75 Å². The van der Waals surface area contributed by atoms with Crippen molar-refractivity contribution in [2.45, 2.75) is 25.8 Å². The molecule has 20 heavy (non-hydrogen) atoms. The third kappa shape index (κ3) is 4.38. The minimum absolute atomic E-state index is 0.156. The maximum absolute atomic E-state index is 11.4. The third-order valence-corrected chi connectivity index (χ3v) is 2.69. The zero-order valence-corrected chi connectivity index (χ0v) is 11.3. The van der Waals surface area contributed by atoms with Gasteiger partial charge in [-0.15, -0.1) is 0 Å². The topological polar surface area (TPSA) is 79.8 Å². The quantitative estimate of drug-likeness (QED) is 0.474. The molecule has 1 saturated carbocycles. The first-order valence-electron chi connectivity index (χ1n) is 6.56. The molecule has 0 unspecified atom stereocenters. The van der Waals surface area contributed by atoms with Crippen LogP contribution >= 0.6 is 0 Å². The second kappa shape index (κ2) is 6.70. The Bertz CT molecular complexity index is 507. The number of carbonyl (C=O) groups is 2. The van der Waals surface area contributed by atoms with Crippen LogP contribution in [-0.4, -0.2) is 30.7 Å². The zero-order chi connectivity index (χ0) is 14.4. The van der Waals surface area contributed by atoms with Crippen molar-refractivity contribution in [2.75, 3.05) is 6.61 Å². The highest BCUT2D eigenvalue weighted by atomic mass is 16.5. The second-order valence-electron chi connectivity index (χ2n) is 4.45. The summed E-state index contributed by atoms with van der Waals surface area (Å²) >= 11 is 0. The van der Waals surface area contributed by atoms with Crippen molar-refractivity contribution in [1.82, 2.24) is 10.7 Å². The lowest BCUT2D eigenvalue weighted by atomic mass is 10.2. The van der Waals surface area contributed by atoms with Crippen LogP contribution in [0.1, 0.15) is 25.3 Å². The van der Waals surface area contributed by atoms with Crippen LogP contribution in [0.5, 0.6) is 5.75 Å². The summed E-state index contributed by atoms with van der Waals surface area (Å²) in [6, 6.07) is 7.40. The molecule has 0 aromatic heterocycles. The fraction of sp³-hybridized carbons (Fsp3) is 0.357. The third-order valence-electron chi connectivity index (χ3n) is 2.69. The Morgan fingerprint density at radius 2 is 2.00 bits per heavy atom. The average Bonchev–Trinajstić information content (AvgIpc) is 3.25. The zero-order valence-electron chi connectivity index (χ0n) is 11.3. The molecule has 0 spiro atoms. The van der Waals surface area contributed by atoms with Crippen LogP contribution in [0.25, 0.3) is 0 Å². The molecule has 2 amide bonds. The van der Waals surface area contributed by atoms with E-state index in [4.69, 9.17) is 4.74 Å². The van der Waals surface area contributed by atoms with Gasteiger partial charge in [-0.05, 0) is 49.6 Å². The van der Waals surface area contributed by atoms with Gasteiger partial charge in [-0.25, -0.2) is 5.43 Å². The summed E-state index contributed by atoms with van der Waals surface area (Å²) in [5.41, 5.74) is 2.99. The minimum atomic E-state index is -0.751. The van der Waals surface area contributed by atoms with E-state index in [9.17, 15) is 9.59 Å². The Labute approximate surface area is 117 Å². The van der Waals surface area contributed by atoms with E-state index in [0.29, 0.717) is 6.61 Å². The van der Waals surface area contributed by atoms with Gasteiger partial charge in [0.1, 0.15) is 5.75 Å². The molecule has 0 heterocycles. The van der Waals surface area contributed by atoms with Gasteiger partial charge in [-0.3, -0.25) is 9.59 Å². The molecule has 6 heteroatoms. The molecule has 0 aliphatic heterocycles. The van der Waals surface area contributed by atoms with Gasteiger partial charge in [0.05, 0.1) is 12.8 Å². The van der Waals surface area contributed by atoms with E-state index in [1.54, 1.807) is 0 Å². The van der Waals surface area contributed by atoms with Crippen LogP contribution in [-0.2, 0) is 9.59 Å². The standard InChI is InChI=1S/C14H17N3O3/c1-2-20-12-7-3-10(4-8-12)9-15-17-14(19)13(18)16-11-5-6-11/h3-4,7-9,11H,2,5-6H2,1H3,(H,16,18)(H,17,19). The lowest BCUT2D eigenvalue weighted by molar-refractivity contribution is -0.139. The van der Waals surface area contributed by atoms with Gasteiger partial charge < -0.3 is 10.1 Å². The molecule has 2 rings (SSSR count). The monoisotopic (exact) mass is 275 g/mol. The van der Waals surface area contributed by atoms with E-state index in [1.807, 2.05) is 31.2 Å². The molecule has 1 aromatic rings. The van der Waals surface area contributed by atoms with Crippen LogP contribution in [0.4, 0.5) is 0 Å². The van der Waals surface area contributed by atoms with E-state index in [0.717, 1.165) is 24.2 Å². The summed E-state index contributed by atoms with van der Waals surface area (Å²) in [4.78, 5) is 22.7. The number of ether oxygens (including phenoxy) is 1. The highest BCUT2D eigenvalue weighted by Crippen LogP contribution is 2.18. The van der Waals surface area contributed by atoms with E-state index in [-0.39, 0.29) is 6.04 Å². The largest absolute Gasteiger partial charge is 0.494 e. The second-order valence-corrected chi connectivity index (χ2v) is 4.45. The van der Waals surface area contributed by atoms with E-state index in [2.05, 4.69) is 15.8 Å². The van der Waals surface area contributed by atoms with Crippen LogP contribution in [0.2, 0.25) is 0 Å². The highest BCUT2D eigenvalue weighted by Gasteiger charge is 2.26. The summed E-state index contributed by atoms with van der Waals surface area (Å²) in [6.45, 7) is 2.52. The molecule has 2 N–H and O–H groups in total. The number of amides is 2. The van der Waals surface area contributed by atoms with Crippen molar-refractivity contribution in [3.63, 3.8) is 0 Å². The number of hydrogen-bond donors (Lipinski definition) is 2. The Morgan fingerprint density at radius 3 is 2.60 bits per heavy atom. The highest BCUT2D eigenvalue weighted by molar-refractivity contribution is 6.35. The smallest absolute Gasteiger partial charge is 0.329 e. The maximum atomic E-state index is 11.4. The molecule has 0 saturated heterocycles. The van der Waals surface area contributed by atoms with Gasteiger partial charge in [0.25, 0.3) is 0 Å². The number of carbonyl (C=O) groups excluding carboxylic acids is 2. The van der Waals surface area contributed by atoms with Gasteiger partial charge in [-0.1, -0.05) is 0 Å². The molecule has 1 aromatic carbocycles. The van der Waals surface area contributed by atoms with Crippen molar-refractivity contribution < 1.29 is 14.3 Å². The van der Waals surface area contributed by atoms with Crippen LogP contribution in [0.3, 0.4) is 0 Å². The maximum Gasteiger partial charge on any atom is 0.329 e. The molecular formula is C14H17N3O3. The molecule has 0 atom stereocenters. The Hall–Kier alpha value is -2.37. The SMILES string of the molecule is CCOc1ccc(C=NNC(=O)C(=O)NC2CC2)cc1. The van der Waals surface area contributed by atoms with Gasteiger partial charge in [0, 0.05) is 6.04 Å². The molecular weight excluding hydrogens is 258 g/mol. The number of rotatable bonds is 5. The normalized spacial score (nSPS) is 14.1. The number of nitrogens with one attached hydrogen (secondary N) is 2. The minimum Gasteiger partial charge on any atom is -0.494 e. The van der Waals surface area contributed by atoms with Gasteiger partial charge in [0.2, 0.25) is 0 Å². The van der Waals surface area contributed by atoms with E-state index >= 15 is 0 Å². The van der Waals surface area contributed by atoms with Crippen molar-refractivity contribution in [3.05, 3.63) is 29.8 Å². The van der Waals surface area contributed by atoms with Crippen LogP contribution in [0, 0.1) is 0 Å². The van der Waals surface area contributed by atoms with Gasteiger partial charge in [-0.2, -0.15) is 5.10 Å². The number of nitrogens with zero attached hydrogens (tertiary/aromatic N) is 1. The molecule has 6 nitrogen and oxygen atoms in total. The summed E-state index contributed by atoms with van der Waals surface area (Å²) in [7, 11) is 0. The number of hydrazone groups is 1. The molecule has 1 aliphatic carbocycles. The predicted molar refractivity (Wildman–Crippen MR) is 74.5 cm³/mol. The molecule has 1 fully saturated rings. The fourth-order valence-corrected chi connectivity index (χ4v) is 1.51. The predicted octanol–water partition coefficient (Wildman–Crippen LogP) is 0.814. The Morgan fingerprint density at radius 1 is 1.30 bits per heavy atom. The molecule has 1 aliphatic rings. The Kier molecular flexibility index (Phi) is 4.70. The van der Waals surface area contributed by atoms with Crippen molar-refractivity contribution in [1.29, 1.82) is 0 Å².